The second-order valence-electron chi connectivity index (χ2n) is 10.2. The monoisotopic (exact) mass is 493 g/mol. The molecule has 2 fully saturated rings. The number of ether oxygens (including phenoxy) is 1. The first-order chi connectivity index (χ1) is 17.5. The van der Waals surface area contributed by atoms with Crippen LogP contribution in [0, 0.1) is 5.92 Å². The number of hydrogen-bond donors (Lipinski definition) is 3. The summed E-state index contributed by atoms with van der Waals surface area (Å²) in [4.78, 5) is 29.5. The number of aliphatic hydroxyl groups excluding tert-OH is 1. The fraction of sp³-hybridized carbons (Fsp3) is 0.552. The number of amides is 2. The van der Waals surface area contributed by atoms with Crippen LogP contribution in [0.5, 0.6) is 5.88 Å². The second kappa shape index (κ2) is 12.9. The van der Waals surface area contributed by atoms with Crippen LogP contribution in [0.1, 0.15) is 80.6 Å². The first kappa shape index (κ1) is 26.1. The molecule has 2 amide bonds. The summed E-state index contributed by atoms with van der Waals surface area (Å²) in [5.41, 5.74) is 3.22. The molecule has 1 heterocycles. The van der Waals surface area contributed by atoms with Crippen molar-refractivity contribution in [3.63, 3.8) is 0 Å². The summed E-state index contributed by atoms with van der Waals surface area (Å²) in [5, 5.41) is 16.2. The van der Waals surface area contributed by atoms with Crippen molar-refractivity contribution in [2.45, 2.75) is 83.3 Å². The van der Waals surface area contributed by atoms with E-state index in [2.05, 4.69) is 22.5 Å². The molecule has 0 radical (unpaired) electrons. The average Bonchev–Trinajstić information content (AvgIpc) is 3.73. The van der Waals surface area contributed by atoms with Crippen molar-refractivity contribution in [3.8, 4) is 17.0 Å². The summed E-state index contributed by atoms with van der Waals surface area (Å²) in [6.07, 6.45) is 10.1. The lowest BCUT2D eigenvalue weighted by Crippen LogP contribution is -2.45. The second-order valence-corrected chi connectivity index (χ2v) is 10.2. The Morgan fingerprint density at radius 1 is 1.11 bits per heavy atom. The highest BCUT2D eigenvalue weighted by Crippen LogP contribution is 2.33. The van der Waals surface area contributed by atoms with Crippen LogP contribution >= 0.6 is 0 Å². The van der Waals surface area contributed by atoms with Gasteiger partial charge in [-0.15, -0.1) is 0 Å². The smallest absolute Gasteiger partial charge is 0.253 e. The quantitative estimate of drug-likeness (QED) is 0.380. The molecule has 36 heavy (non-hydrogen) atoms. The lowest BCUT2D eigenvalue weighted by molar-refractivity contribution is -0.121. The fourth-order valence-corrected chi connectivity index (χ4v) is 4.51. The SMILES string of the molecule is CCCCNC(=O)CCc1ccc(-c2cc(C(=O)N[C@@H]3CCCC[C@H]3O)cnc2OCC2CC2)cc1. The normalized spacial score (nSPS) is 19.5. The molecule has 194 valence electrons. The van der Waals surface area contributed by atoms with Crippen LogP contribution in [-0.2, 0) is 11.2 Å². The fourth-order valence-electron chi connectivity index (χ4n) is 4.51. The molecule has 0 bridgehead atoms. The molecule has 7 heteroatoms. The average molecular weight is 494 g/mol. The van der Waals surface area contributed by atoms with E-state index < -0.39 is 6.10 Å². The van der Waals surface area contributed by atoms with Gasteiger partial charge in [0, 0.05) is 24.7 Å². The number of aliphatic hydroxyl groups is 1. The number of pyridine rings is 1. The molecular weight excluding hydrogens is 454 g/mol. The highest BCUT2D eigenvalue weighted by Gasteiger charge is 2.26. The first-order valence-electron chi connectivity index (χ1n) is 13.5. The van der Waals surface area contributed by atoms with Crippen LogP contribution in [0.15, 0.2) is 36.5 Å². The van der Waals surface area contributed by atoms with E-state index in [0.717, 1.165) is 61.8 Å². The van der Waals surface area contributed by atoms with Crippen molar-refractivity contribution in [1.82, 2.24) is 15.6 Å². The van der Waals surface area contributed by atoms with Crippen LogP contribution < -0.4 is 15.4 Å². The van der Waals surface area contributed by atoms with Crippen LogP contribution in [-0.4, -0.2) is 47.2 Å². The van der Waals surface area contributed by atoms with Crippen LogP contribution in [0.25, 0.3) is 11.1 Å². The Kier molecular flexibility index (Phi) is 9.34. The van der Waals surface area contributed by atoms with Gasteiger partial charge < -0.3 is 20.5 Å². The van der Waals surface area contributed by atoms with Gasteiger partial charge in [0.05, 0.1) is 24.3 Å². The van der Waals surface area contributed by atoms with Crippen molar-refractivity contribution < 1.29 is 19.4 Å². The minimum absolute atomic E-state index is 0.0780. The zero-order chi connectivity index (χ0) is 25.3. The van der Waals surface area contributed by atoms with Gasteiger partial charge in [-0.2, -0.15) is 0 Å². The summed E-state index contributed by atoms with van der Waals surface area (Å²) in [7, 11) is 0. The van der Waals surface area contributed by atoms with Crippen LogP contribution in [0.3, 0.4) is 0 Å². The number of carbonyl (C=O) groups is 2. The van der Waals surface area contributed by atoms with Crippen molar-refractivity contribution in [1.29, 1.82) is 0 Å². The van der Waals surface area contributed by atoms with Gasteiger partial charge >= 0.3 is 0 Å². The molecule has 0 saturated heterocycles. The number of benzene rings is 1. The molecule has 2 saturated carbocycles. The number of aromatic nitrogens is 1. The molecule has 0 spiro atoms. The maximum Gasteiger partial charge on any atom is 0.253 e. The third-order valence-corrected chi connectivity index (χ3v) is 7.07. The largest absolute Gasteiger partial charge is 0.477 e. The molecule has 0 unspecified atom stereocenters. The Hall–Kier alpha value is -2.93. The summed E-state index contributed by atoms with van der Waals surface area (Å²) >= 11 is 0. The Balaban J connectivity index is 1.45. The first-order valence-corrected chi connectivity index (χ1v) is 13.5. The van der Waals surface area contributed by atoms with Gasteiger partial charge in [0.15, 0.2) is 0 Å². The Bertz CT molecular complexity index is 1020. The number of rotatable bonds is 12. The number of nitrogens with zero attached hydrogens (tertiary/aromatic N) is 1. The lowest BCUT2D eigenvalue weighted by Gasteiger charge is -2.28. The Morgan fingerprint density at radius 2 is 1.89 bits per heavy atom. The minimum Gasteiger partial charge on any atom is -0.477 e. The molecule has 1 aromatic carbocycles. The maximum absolute atomic E-state index is 13.0. The lowest BCUT2D eigenvalue weighted by atomic mass is 9.92. The molecule has 2 atom stereocenters. The highest BCUT2D eigenvalue weighted by atomic mass is 16.5. The molecular formula is C29H39N3O4. The standard InChI is InChI=1S/C29H39N3O4/c1-2-3-16-30-27(34)15-12-20-10-13-22(14-11-20)24-17-23(18-31-29(24)36-19-21-8-9-21)28(35)32-25-6-4-5-7-26(25)33/h10-11,13-14,17-18,21,25-26,33H,2-9,12,15-16,19H2,1H3,(H,30,34)(H,32,35)/t25-,26-/m1/s1. The zero-order valence-corrected chi connectivity index (χ0v) is 21.3. The van der Waals surface area contributed by atoms with E-state index in [1.54, 1.807) is 6.20 Å². The molecule has 1 aromatic heterocycles. The van der Waals surface area contributed by atoms with E-state index in [4.69, 9.17) is 4.74 Å². The number of carbonyl (C=O) groups excluding carboxylic acids is 2. The van der Waals surface area contributed by atoms with Gasteiger partial charge in [-0.05, 0) is 61.6 Å². The van der Waals surface area contributed by atoms with E-state index in [9.17, 15) is 14.7 Å². The van der Waals surface area contributed by atoms with Crippen molar-refractivity contribution in [3.05, 3.63) is 47.7 Å². The molecule has 4 rings (SSSR count). The van der Waals surface area contributed by atoms with E-state index in [1.807, 2.05) is 30.3 Å². The summed E-state index contributed by atoms with van der Waals surface area (Å²) < 4.78 is 6.04. The van der Waals surface area contributed by atoms with E-state index in [1.165, 1.54) is 12.8 Å². The molecule has 2 aliphatic carbocycles. The van der Waals surface area contributed by atoms with E-state index in [0.29, 0.717) is 36.8 Å². The highest BCUT2D eigenvalue weighted by molar-refractivity contribution is 5.95. The van der Waals surface area contributed by atoms with Gasteiger partial charge in [-0.3, -0.25) is 9.59 Å². The Labute approximate surface area is 214 Å². The third-order valence-electron chi connectivity index (χ3n) is 7.07. The minimum atomic E-state index is -0.502. The Morgan fingerprint density at radius 3 is 2.61 bits per heavy atom. The summed E-state index contributed by atoms with van der Waals surface area (Å²) in [6, 6.07) is 9.64. The molecule has 7 nitrogen and oxygen atoms in total. The van der Waals surface area contributed by atoms with Crippen molar-refractivity contribution in [2.75, 3.05) is 13.2 Å². The zero-order valence-electron chi connectivity index (χ0n) is 21.3. The van der Waals surface area contributed by atoms with Crippen molar-refractivity contribution >= 4 is 11.8 Å². The molecule has 0 aliphatic heterocycles. The predicted octanol–water partition coefficient (Wildman–Crippen LogP) is 4.42. The summed E-state index contributed by atoms with van der Waals surface area (Å²) in [5.74, 6) is 0.962. The number of nitrogens with one attached hydrogen (secondary N) is 2. The van der Waals surface area contributed by atoms with Crippen molar-refractivity contribution in [2.24, 2.45) is 5.92 Å². The number of hydrogen-bond acceptors (Lipinski definition) is 5. The van der Waals surface area contributed by atoms with E-state index >= 15 is 0 Å². The van der Waals surface area contributed by atoms with Gasteiger partial charge in [-0.1, -0.05) is 50.5 Å². The van der Waals surface area contributed by atoms with Gasteiger partial charge in [-0.25, -0.2) is 4.98 Å². The molecule has 3 N–H and O–H groups in total. The van der Waals surface area contributed by atoms with Gasteiger partial charge in [0.25, 0.3) is 5.91 Å². The van der Waals surface area contributed by atoms with E-state index in [-0.39, 0.29) is 17.9 Å². The topological polar surface area (TPSA) is 101 Å². The molecule has 2 aromatic rings. The van der Waals surface area contributed by atoms with Crippen LogP contribution in [0.2, 0.25) is 0 Å². The predicted molar refractivity (Wildman–Crippen MR) is 140 cm³/mol. The third kappa shape index (κ3) is 7.53. The number of aryl methyl sites for hydroxylation is 1. The van der Waals surface area contributed by atoms with Crippen LogP contribution in [0.4, 0.5) is 0 Å². The molecule has 2 aliphatic rings. The summed E-state index contributed by atoms with van der Waals surface area (Å²) in [6.45, 7) is 3.47. The van der Waals surface area contributed by atoms with Gasteiger partial charge in [0.1, 0.15) is 0 Å². The number of unbranched alkanes of at least 4 members (excludes halogenated alkanes) is 1. The maximum atomic E-state index is 13.0. The van der Waals surface area contributed by atoms with Gasteiger partial charge in [0.2, 0.25) is 11.8 Å².